The molecule has 2 heterocycles. The number of unbranched alkanes of at least 4 members (excludes halogenated alkanes) is 1. The van der Waals surface area contributed by atoms with Crippen molar-refractivity contribution in [2.24, 2.45) is 21.1 Å². The van der Waals surface area contributed by atoms with Gasteiger partial charge in [-0.25, -0.2) is 9.78 Å². The SMILES string of the molecule is Cn1c(=O)c2nc(CCCCC(=O)O)n(C)c2n(C)c1=O. The van der Waals surface area contributed by atoms with Crippen LogP contribution in [0.4, 0.5) is 0 Å². The van der Waals surface area contributed by atoms with Gasteiger partial charge in [0.05, 0.1) is 0 Å². The van der Waals surface area contributed by atoms with Crippen LogP contribution in [-0.4, -0.2) is 29.8 Å². The van der Waals surface area contributed by atoms with Gasteiger partial charge < -0.3 is 9.67 Å². The van der Waals surface area contributed by atoms with Gasteiger partial charge in [-0.05, 0) is 12.8 Å². The van der Waals surface area contributed by atoms with E-state index in [9.17, 15) is 14.4 Å². The third kappa shape index (κ3) is 2.61. The van der Waals surface area contributed by atoms with E-state index in [0.717, 1.165) is 4.57 Å². The van der Waals surface area contributed by atoms with Crippen molar-refractivity contribution in [3.63, 3.8) is 0 Å². The number of carboxylic acids is 1. The first-order chi connectivity index (χ1) is 9.84. The van der Waals surface area contributed by atoms with Crippen molar-refractivity contribution in [2.45, 2.75) is 25.7 Å². The quantitative estimate of drug-likeness (QED) is 0.768. The first-order valence-corrected chi connectivity index (χ1v) is 6.67. The van der Waals surface area contributed by atoms with Crippen LogP contribution in [0.1, 0.15) is 25.1 Å². The highest BCUT2D eigenvalue weighted by Crippen LogP contribution is 2.12. The van der Waals surface area contributed by atoms with E-state index >= 15 is 0 Å². The van der Waals surface area contributed by atoms with E-state index in [-0.39, 0.29) is 11.9 Å². The highest BCUT2D eigenvalue weighted by molar-refractivity contribution is 5.70. The molecule has 0 unspecified atom stereocenters. The summed E-state index contributed by atoms with van der Waals surface area (Å²) in [5.41, 5.74) is -0.0694. The van der Waals surface area contributed by atoms with Crippen LogP contribution in [0.3, 0.4) is 0 Å². The Bertz CT molecular complexity index is 812. The number of hydrogen-bond donors (Lipinski definition) is 1. The summed E-state index contributed by atoms with van der Waals surface area (Å²) in [5, 5.41) is 8.61. The maximum absolute atomic E-state index is 12.1. The van der Waals surface area contributed by atoms with E-state index in [4.69, 9.17) is 5.11 Å². The fourth-order valence-electron chi connectivity index (χ4n) is 2.41. The van der Waals surface area contributed by atoms with Gasteiger partial charge in [-0.15, -0.1) is 0 Å². The standard InChI is InChI=1S/C13H18N4O4/c1-15-8(6-4-5-7-9(18)19)14-10-11(15)16(2)13(21)17(3)12(10)20/h4-7H2,1-3H3,(H,18,19). The number of aliphatic carboxylic acids is 1. The van der Waals surface area contributed by atoms with Gasteiger partial charge in [-0.2, -0.15) is 0 Å². The lowest BCUT2D eigenvalue weighted by molar-refractivity contribution is -0.137. The fraction of sp³-hybridized carbons (Fsp3) is 0.538. The summed E-state index contributed by atoms with van der Waals surface area (Å²) in [6.45, 7) is 0. The molecule has 21 heavy (non-hydrogen) atoms. The highest BCUT2D eigenvalue weighted by atomic mass is 16.4. The van der Waals surface area contributed by atoms with Crippen LogP contribution >= 0.6 is 0 Å². The molecule has 0 radical (unpaired) electrons. The van der Waals surface area contributed by atoms with Gasteiger partial charge >= 0.3 is 11.7 Å². The van der Waals surface area contributed by atoms with Crippen molar-refractivity contribution >= 4 is 17.1 Å². The molecule has 0 spiro atoms. The van der Waals surface area contributed by atoms with Gasteiger partial charge in [0.1, 0.15) is 11.5 Å². The monoisotopic (exact) mass is 294 g/mol. The first kappa shape index (κ1) is 15.0. The van der Waals surface area contributed by atoms with Gasteiger partial charge in [0.25, 0.3) is 5.56 Å². The second-order valence-electron chi connectivity index (χ2n) is 5.07. The molecule has 0 aliphatic heterocycles. The fourth-order valence-corrected chi connectivity index (χ4v) is 2.41. The molecular formula is C13H18N4O4. The van der Waals surface area contributed by atoms with Crippen LogP contribution < -0.4 is 11.2 Å². The second-order valence-corrected chi connectivity index (χ2v) is 5.07. The van der Waals surface area contributed by atoms with Crippen molar-refractivity contribution in [3.05, 3.63) is 26.7 Å². The third-order valence-corrected chi connectivity index (χ3v) is 3.60. The van der Waals surface area contributed by atoms with Crippen LogP contribution in [0.5, 0.6) is 0 Å². The van der Waals surface area contributed by atoms with Crippen LogP contribution in [0.2, 0.25) is 0 Å². The largest absolute Gasteiger partial charge is 0.481 e. The van der Waals surface area contributed by atoms with E-state index in [1.165, 1.54) is 11.6 Å². The number of nitrogens with zero attached hydrogens (tertiary/aromatic N) is 4. The van der Waals surface area contributed by atoms with Crippen molar-refractivity contribution in [2.75, 3.05) is 0 Å². The Morgan fingerprint density at radius 3 is 2.38 bits per heavy atom. The average molecular weight is 294 g/mol. The van der Waals surface area contributed by atoms with Gasteiger partial charge in [0.15, 0.2) is 5.52 Å². The number of aryl methyl sites for hydroxylation is 3. The Hall–Kier alpha value is -2.38. The van der Waals surface area contributed by atoms with Crippen molar-refractivity contribution in [1.29, 1.82) is 0 Å². The van der Waals surface area contributed by atoms with Gasteiger partial charge in [0.2, 0.25) is 0 Å². The lowest BCUT2D eigenvalue weighted by atomic mass is 10.2. The molecule has 8 heteroatoms. The Morgan fingerprint density at radius 1 is 1.10 bits per heavy atom. The predicted octanol–water partition coefficient (Wildman–Crippen LogP) is -0.232. The Kier molecular flexibility index (Phi) is 3.97. The molecule has 0 amide bonds. The van der Waals surface area contributed by atoms with E-state index in [2.05, 4.69) is 4.98 Å². The maximum atomic E-state index is 12.1. The molecule has 114 valence electrons. The minimum atomic E-state index is -0.823. The van der Waals surface area contributed by atoms with E-state index in [1.54, 1.807) is 18.7 Å². The number of imidazole rings is 1. The summed E-state index contributed by atoms with van der Waals surface area (Å²) in [6, 6.07) is 0. The summed E-state index contributed by atoms with van der Waals surface area (Å²) in [5.74, 6) is -0.148. The molecule has 0 atom stereocenters. The van der Waals surface area contributed by atoms with Crippen LogP contribution in [0.15, 0.2) is 9.59 Å². The molecule has 0 fully saturated rings. The summed E-state index contributed by atoms with van der Waals surface area (Å²) in [6.07, 6.45) is 1.90. The maximum Gasteiger partial charge on any atom is 0.332 e. The average Bonchev–Trinajstić information content (AvgIpc) is 2.76. The van der Waals surface area contributed by atoms with Crippen molar-refractivity contribution in [1.82, 2.24) is 18.7 Å². The lowest BCUT2D eigenvalue weighted by Gasteiger charge is -2.06. The first-order valence-electron chi connectivity index (χ1n) is 6.67. The minimum Gasteiger partial charge on any atom is -0.481 e. The normalized spacial score (nSPS) is 11.2. The molecule has 8 nitrogen and oxygen atoms in total. The molecule has 0 aromatic carbocycles. The zero-order chi connectivity index (χ0) is 15.7. The molecule has 0 saturated heterocycles. The van der Waals surface area contributed by atoms with Crippen LogP contribution in [0.25, 0.3) is 11.2 Å². The third-order valence-electron chi connectivity index (χ3n) is 3.60. The topological polar surface area (TPSA) is 99.1 Å². The summed E-state index contributed by atoms with van der Waals surface area (Å²) >= 11 is 0. The van der Waals surface area contributed by atoms with Crippen LogP contribution in [-0.2, 0) is 32.4 Å². The van der Waals surface area contributed by atoms with Gasteiger partial charge in [0, 0.05) is 34.0 Å². The molecule has 0 bridgehead atoms. The molecule has 0 saturated carbocycles. The molecule has 1 N–H and O–H groups in total. The van der Waals surface area contributed by atoms with E-state index in [1.807, 2.05) is 0 Å². The Morgan fingerprint density at radius 2 is 1.76 bits per heavy atom. The Labute approximate surface area is 120 Å². The molecule has 2 rings (SSSR count). The number of aromatic nitrogens is 4. The predicted molar refractivity (Wildman–Crippen MR) is 76.4 cm³/mol. The summed E-state index contributed by atoms with van der Waals surface area (Å²) in [4.78, 5) is 38.8. The van der Waals surface area contributed by atoms with Gasteiger partial charge in [-0.3, -0.25) is 18.7 Å². The molecule has 0 aliphatic rings. The van der Waals surface area contributed by atoms with Gasteiger partial charge in [-0.1, -0.05) is 0 Å². The second kappa shape index (κ2) is 5.55. The smallest absolute Gasteiger partial charge is 0.332 e. The van der Waals surface area contributed by atoms with Crippen molar-refractivity contribution in [3.8, 4) is 0 Å². The number of carboxylic acid groups (broad SMARTS) is 1. The van der Waals surface area contributed by atoms with Crippen LogP contribution in [0, 0.1) is 0 Å². The number of carbonyl (C=O) groups is 1. The molecule has 0 aliphatic carbocycles. The Balaban J connectivity index is 2.40. The highest BCUT2D eigenvalue weighted by Gasteiger charge is 2.16. The van der Waals surface area contributed by atoms with Crippen molar-refractivity contribution < 1.29 is 9.90 Å². The van der Waals surface area contributed by atoms with E-state index in [0.29, 0.717) is 30.7 Å². The zero-order valence-electron chi connectivity index (χ0n) is 12.3. The summed E-state index contributed by atoms with van der Waals surface area (Å²) in [7, 11) is 4.77. The molecular weight excluding hydrogens is 276 g/mol. The number of rotatable bonds is 5. The minimum absolute atomic E-state index is 0.115. The molecule has 2 aromatic rings. The number of fused-ring (bicyclic) bond motifs is 1. The summed E-state index contributed by atoms with van der Waals surface area (Å²) < 4.78 is 4.15. The zero-order valence-corrected chi connectivity index (χ0v) is 12.3. The lowest BCUT2D eigenvalue weighted by Crippen LogP contribution is -2.37. The van der Waals surface area contributed by atoms with E-state index < -0.39 is 17.2 Å². The number of hydrogen-bond acceptors (Lipinski definition) is 4. The molecule has 2 aromatic heterocycles.